The van der Waals surface area contributed by atoms with Crippen molar-refractivity contribution in [3.8, 4) is 0 Å². The van der Waals surface area contributed by atoms with Gasteiger partial charge in [0.1, 0.15) is 0 Å². The van der Waals surface area contributed by atoms with E-state index in [1.807, 2.05) is 12.1 Å². The molecule has 0 bridgehead atoms. The van der Waals surface area contributed by atoms with Crippen LogP contribution in [0.1, 0.15) is 50.5 Å². The van der Waals surface area contributed by atoms with Gasteiger partial charge in [-0.25, -0.2) is 9.98 Å². The third-order valence-electron chi connectivity index (χ3n) is 6.48. The van der Waals surface area contributed by atoms with E-state index in [2.05, 4.69) is 27.2 Å². The fourth-order valence-corrected chi connectivity index (χ4v) is 4.76. The minimum Gasteiger partial charge on any atom is -0.403 e. The number of halogens is 3. The summed E-state index contributed by atoms with van der Waals surface area (Å²) in [4.78, 5) is 9.93. The number of anilines is 1. The van der Waals surface area contributed by atoms with Crippen LogP contribution in [0, 0.1) is 5.92 Å². The Kier molecular flexibility index (Phi) is 7.78. The normalized spacial score (nSPS) is 17.3. The molecule has 0 unspecified atom stereocenters. The molecule has 186 valence electrons. The van der Waals surface area contributed by atoms with Crippen molar-refractivity contribution in [2.75, 3.05) is 12.4 Å². The summed E-state index contributed by atoms with van der Waals surface area (Å²) in [6, 6.07) is 12.0. The van der Waals surface area contributed by atoms with Crippen LogP contribution in [-0.4, -0.2) is 28.8 Å². The molecular formula is C27H32F3N5. The summed E-state index contributed by atoms with van der Waals surface area (Å²) in [6.07, 6.45) is 6.44. The van der Waals surface area contributed by atoms with Crippen LogP contribution >= 0.6 is 0 Å². The maximum Gasteiger partial charge on any atom is 0.435 e. The van der Waals surface area contributed by atoms with Crippen molar-refractivity contribution in [2.45, 2.75) is 57.7 Å². The number of nitrogens with zero attached hydrogens (tertiary/aromatic N) is 3. The van der Waals surface area contributed by atoms with Gasteiger partial charge in [-0.05, 0) is 61.4 Å². The summed E-state index contributed by atoms with van der Waals surface area (Å²) in [5.74, 6) is 0.613. The van der Waals surface area contributed by atoms with Gasteiger partial charge in [0.25, 0.3) is 0 Å². The van der Waals surface area contributed by atoms with E-state index in [-0.39, 0.29) is 11.5 Å². The van der Waals surface area contributed by atoms with Crippen molar-refractivity contribution >= 4 is 17.2 Å². The molecule has 1 heterocycles. The quantitative estimate of drug-likeness (QED) is 0.411. The van der Waals surface area contributed by atoms with Gasteiger partial charge in [0, 0.05) is 37.4 Å². The van der Waals surface area contributed by atoms with Crippen molar-refractivity contribution in [2.24, 2.45) is 16.6 Å². The second-order valence-electron chi connectivity index (χ2n) is 9.23. The van der Waals surface area contributed by atoms with Gasteiger partial charge in [-0.1, -0.05) is 43.0 Å². The first kappa shape index (κ1) is 24.8. The molecule has 0 radical (unpaired) electrons. The van der Waals surface area contributed by atoms with Gasteiger partial charge in [-0.3, -0.25) is 0 Å². The Morgan fingerprint density at radius 1 is 1.11 bits per heavy atom. The standard InChI is InChI=1S/C27H32F3N5/c1-35(25(21-12-13-21)20-7-3-2-4-8-20)18-19-10-14-22(15-11-19)33-23(17-31)26(27(28,29)30)34-24-9-5-6-16-32-24/h5-6,9-11,14-17,20,33H,2-4,7-8,12-13,18,31H2,1H3/b23-17+,34-26-. The zero-order valence-corrected chi connectivity index (χ0v) is 20.0. The first-order chi connectivity index (χ1) is 16.8. The van der Waals surface area contributed by atoms with Crippen LogP contribution in [0.5, 0.6) is 0 Å². The van der Waals surface area contributed by atoms with E-state index in [0.717, 1.165) is 18.3 Å². The average Bonchev–Trinajstić information content (AvgIpc) is 3.68. The number of nitrogens with two attached hydrogens (primary N) is 1. The van der Waals surface area contributed by atoms with Gasteiger partial charge in [0.15, 0.2) is 11.5 Å². The molecule has 5 nitrogen and oxygen atoms in total. The minimum atomic E-state index is -4.70. The van der Waals surface area contributed by atoms with Crippen LogP contribution < -0.4 is 11.1 Å². The molecule has 0 amide bonds. The number of alkyl halides is 3. The van der Waals surface area contributed by atoms with Crippen molar-refractivity contribution in [1.82, 2.24) is 9.88 Å². The van der Waals surface area contributed by atoms with E-state index in [0.29, 0.717) is 11.6 Å². The number of hydrogen-bond acceptors (Lipinski definition) is 5. The summed E-state index contributed by atoms with van der Waals surface area (Å²) in [6.45, 7) is 0.768. The molecule has 2 aliphatic carbocycles. The van der Waals surface area contributed by atoms with Crippen molar-refractivity contribution < 1.29 is 13.2 Å². The van der Waals surface area contributed by atoms with Crippen LogP contribution in [0.15, 0.2) is 76.8 Å². The number of pyridine rings is 1. The largest absolute Gasteiger partial charge is 0.435 e. The predicted molar refractivity (Wildman–Crippen MR) is 134 cm³/mol. The number of aliphatic imine (C=N–C) groups is 1. The summed E-state index contributed by atoms with van der Waals surface area (Å²) in [7, 11) is 2.15. The lowest BCUT2D eigenvalue weighted by Crippen LogP contribution is -2.29. The van der Waals surface area contributed by atoms with Crippen molar-refractivity contribution in [3.63, 3.8) is 0 Å². The lowest BCUT2D eigenvalue weighted by atomic mass is 9.86. The molecule has 3 N–H and O–H groups in total. The highest BCUT2D eigenvalue weighted by Crippen LogP contribution is 2.41. The Morgan fingerprint density at radius 2 is 1.83 bits per heavy atom. The molecule has 0 spiro atoms. The highest BCUT2D eigenvalue weighted by atomic mass is 19.4. The average molecular weight is 484 g/mol. The molecule has 0 aliphatic heterocycles. The number of allylic oxidation sites excluding steroid dienone is 3. The maximum absolute atomic E-state index is 13.7. The topological polar surface area (TPSA) is 66.5 Å². The second-order valence-corrected chi connectivity index (χ2v) is 9.23. The van der Waals surface area contributed by atoms with Gasteiger partial charge in [0.05, 0.1) is 5.70 Å². The summed E-state index contributed by atoms with van der Waals surface area (Å²) in [5, 5.41) is 2.77. The minimum absolute atomic E-state index is 0.0436. The van der Waals surface area contributed by atoms with E-state index in [4.69, 9.17) is 5.73 Å². The van der Waals surface area contributed by atoms with E-state index < -0.39 is 11.9 Å². The Hall–Kier alpha value is -3.29. The molecule has 2 fully saturated rings. The zero-order valence-electron chi connectivity index (χ0n) is 20.0. The van der Waals surface area contributed by atoms with Gasteiger partial charge >= 0.3 is 6.18 Å². The molecule has 2 aromatic rings. The number of benzene rings is 1. The fourth-order valence-electron chi connectivity index (χ4n) is 4.76. The Labute approximate surface area is 204 Å². The fraction of sp³-hybridized carbons (Fsp3) is 0.407. The van der Waals surface area contributed by atoms with Gasteiger partial charge < -0.3 is 16.0 Å². The molecule has 2 aliphatic rings. The molecule has 2 saturated carbocycles. The smallest absolute Gasteiger partial charge is 0.403 e. The van der Waals surface area contributed by atoms with Crippen LogP contribution in [-0.2, 0) is 6.54 Å². The number of aromatic nitrogens is 1. The summed E-state index contributed by atoms with van der Waals surface area (Å²) in [5.41, 5.74) is 8.81. The molecular weight excluding hydrogens is 451 g/mol. The van der Waals surface area contributed by atoms with Crippen molar-refractivity contribution in [3.05, 3.63) is 77.4 Å². The lowest BCUT2D eigenvalue weighted by molar-refractivity contribution is -0.0581. The monoisotopic (exact) mass is 483 g/mol. The third-order valence-corrected chi connectivity index (χ3v) is 6.48. The zero-order chi connectivity index (χ0) is 24.8. The van der Waals surface area contributed by atoms with Crippen molar-refractivity contribution in [1.29, 1.82) is 0 Å². The Morgan fingerprint density at radius 3 is 2.40 bits per heavy atom. The first-order valence-electron chi connectivity index (χ1n) is 12.1. The molecule has 8 heteroatoms. The van der Waals surface area contributed by atoms with E-state index in [1.54, 1.807) is 29.8 Å². The number of rotatable bonds is 8. The molecule has 35 heavy (non-hydrogen) atoms. The van der Waals surface area contributed by atoms with Gasteiger partial charge in [0.2, 0.25) is 0 Å². The number of nitrogens with one attached hydrogen (secondary N) is 1. The predicted octanol–water partition coefficient (Wildman–Crippen LogP) is 6.69. The highest BCUT2D eigenvalue weighted by molar-refractivity contribution is 6.07. The van der Waals surface area contributed by atoms with Gasteiger partial charge in [-0.2, -0.15) is 13.2 Å². The Bertz CT molecular complexity index is 1080. The summed E-state index contributed by atoms with van der Waals surface area (Å²) >= 11 is 0. The SMILES string of the molecule is CN(Cc1ccc(NC(=C/N)/C(=N/c2ccccn2)C(F)(F)F)cc1)C(=C1CC1)C1CCCCC1. The lowest BCUT2D eigenvalue weighted by Gasteiger charge is -2.32. The van der Waals surface area contributed by atoms with Crippen LogP contribution in [0.3, 0.4) is 0 Å². The van der Waals surface area contributed by atoms with Gasteiger partial charge in [-0.15, -0.1) is 0 Å². The van der Waals surface area contributed by atoms with Crippen LogP contribution in [0.2, 0.25) is 0 Å². The summed E-state index contributed by atoms with van der Waals surface area (Å²) < 4.78 is 41.2. The maximum atomic E-state index is 13.7. The van der Waals surface area contributed by atoms with E-state index in [9.17, 15) is 13.2 Å². The van der Waals surface area contributed by atoms with E-state index in [1.165, 1.54) is 62.9 Å². The molecule has 0 saturated heterocycles. The Balaban J connectivity index is 1.46. The van der Waals surface area contributed by atoms with E-state index >= 15 is 0 Å². The molecule has 1 aromatic heterocycles. The molecule has 1 aromatic carbocycles. The second kappa shape index (κ2) is 11.0. The molecule has 0 atom stereocenters. The first-order valence-corrected chi connectivity index (χ1v) is 12.1. The molecule has 4 rings (SSSR count). The van der Waals surface area contributed by atoms with Crippen LogP contribution in [0.4, 0.5) is 24.7 Å². The third kappa shape index (κ3) is 6.65. The van der Waals surface area contributed by atoms with Crippen LogP contribution in [0.25, 0.3) is 0 Å². The number of hydrogen-bond donors (Lipinski definition) is 2. The highest BCUT2D eigenvalue weighted by Gasteiger charge is 2.38.